The van der Waals surface area contributed by atoms with E-state index in [2.05, 4.69) is 14.7 Å². The van der Waals surface area contributed by atoms with Crippen molar-refractivity contribution in [3.05, 3.63) is 30.0 Å². The van der Waals surface area contributed by atoms with Crippen LogP contribution in [0.15, 0.2) is 23.0 Å². The van der Waals surface area contributed by atoms with E-state index in [1.807, 2.05) is 12.4 Å². The number of rotatable bonds is 4. The zero-order chi connectivity index (χ0) is 14.8. The number of carbonyl (C=O) groups is 1. The highest BCUT2D eigenvalue weighted by Crippen LogP contribution is 2.21. The van der Waals surface area contributed by atoms with Crippen molar-refractivity contribution in [2.75, 3.05) is 20.7 Å². The highest BCUT2D eigenvalue weighted by molar-refractivity contribution is 5.91. The van der Waals surface area contributed by atoms with Gasteiger partial charge in [0.05, 0.1) is 13.2 Å². The summed E-state index contributed by atoms with van der Waals surface area (Å²) in [5.41, 5.74) is 0. The number of methoxy groups -OCH3 is 1. The van der Waals surface area contributed by atoms with Gasteiger partial charge < -0.3 is 18.7 Å². The first-order valence-corrected chi connectivity index (χ1v) is 6.93. The molecule has 0 spiro atoms. The molecule has 0 radical (unpaired) electrons. The Kier molecular flexibility index (Phi) is 3.64. The molecule has 0 aromatic carbocycles. The summed E-state index contributed by atoms with van der Waals surface area (Å²) in [6.07, 6.45) is 5.76. The summed E-state index contributed by atoms with van der Waals surface area (Å²) in [6, 6.07) is 1.51. The van der Waals surface area contributed by atoms with Crippen LogP contribution in [0.2, 0.25) is 0 Å². The second-order valence-corrected chi connectivity index (χ2v) is 5.31. The lowest BCUT2D eigenvalue weighted by Crippen LogP contribution is -2.34. The number of hydrogen-bond donors (Lipinski definition) is 0. The van der Waals surface area contributed by atoms with Gasteiger partial charge in [0.25, 0.3) is 11.8 Å². The van der Waals surface area contributed by atoms with Crippen LogP contribution in [0.1, 0.15) is 22.8 Å². The van der Waals surface area contributed by atoms with Crippen molar-refractivity contribution in [3.63, 3.8) is 0 Å². The van der Waals surface area contributed by atoms with Gasteiger partial charge in [-0.25, -0.2) is 4.98 Å². The molecule has 0 aliphatic carbocycles. The fourth-order valence-electron chi connectivity index (χ4n) is 2.69. The third-order valence-electron chi connectivity index (χ3n) is 3.84. The maximum Gasteiger partial charge on any atom is 0.292 e. The van der Waals surface area contributed by atoms with Gasteiger partial charge in [0.15, 0.2) is 0 Å². The van der Waals surface area contributed by atoms with Crippen molar-refractivity contribution < 1.29 is 14.1 Å². The summed E-state index contributed by atoms with van der Waals surface area (Å²) in [6.45, 7) is 1.63. The number of carbonyl (C=O) groups excluding carboxylic acids is 1. The molecule has 112 valence electrons. The van der Waals surface area contributed by atoms with E-state index in [0.29, 0.717) is 18.3 Å². The van der Waals surface area contributed by atoms with Crippen molar-refractivity contribution in [1.29, 1.82) is 0 Å². The monoisotopic (exact) mass is 290 g/mol. The molecule has 2 aromatic rings. The van der Waals surface area contributed by atoms with Gasteiger partial charge in [-0.2, -0.15) is 0 Å². The first kappa shape index (κ1) is 13.7. The first-order chi connectivity index (χ1) is 10.2. The Morgan fingerprint density at radius 2 is 2.48 bits per heavy atom. The van der Waals surface area contributed by atoms with Gasteiger partial charge >= 0.3 is 0 Å². The molecule has 3 heterocycles. The molecule has 2 aromatic heterocycles. The van der Waals surface area contributed by atoms with Crippen LogP contribution in [0.5, 0.6) is 5.88 Å². The first-order valence-electron chi connectivity index (χ1n) is 6.93. The Bertz CT molecular complexity index is 634. The van der Waals surface area contributed by atoms with E-state index in [9.17, 15) is 4.79 Å². The molecule has 0 N–H and O–H groups in total. The Labute approximate surface area is 122 Å². The van der Waals surface area contributed by atoms with Crippen LogP contribution in [0.25, 0.3) is 0 Å². The fourth-order valence-corrected chi connectivity index (χ4v) is 2.69. The van der Waals surface area contributed by atoms with Crippen molar-refractivity contribution in [2.24, 2.45) is 5.92 Å². The minimum absolute atomic E-state index is 0.181. The van der Waals surface area contributed by atoms with Gasteiger partial charge in [-0.15, -0.1) is 0 Å². The number of aryl methyl sites for hydroxylation is 1. The predicted molar refractivity (Wildman–Crippen MR) is 74.1 cm³/mol. The summed E-state index contributed by atoms with van der Waals surface area (Å²) < 4.78 is 12.1. The third-order valence-corrected chi connectivity index (χ3v) is 3.84. The number of nitrogens with zero attached hydrogens (tertiary/aromatic N) is 4. The average molecular weight is 290 g/mol. The predicted octanol–water partition coefficient (Wildman–Crippen LogP) is 1.21. The van der Waals surface area contributed by atoms with Crippen molar-refractivity contribution in [2.45, 2.75) is 19.4 Å². The van der Waals surface area contributed by atoms with Crippen LogP contribution in [0, 0.1) is 5.92 Å². The Morgan fingerprint density at radius 3 is 3.24 bits per heavy atom. The highest BCUT2D eigenvalue weighted by atomic mass is 16.5. The van der Waals surface area contributed by atoms with Crippen molar-refractivity contribution in [3.8, 4) is 5.88 Å². The fraction of sp³-hybridized carbons (Fsp3) is 0.500. The number of amides is 1. The highest BCUT2D eigenvalue weighted by Gasteiger charge is 2.24. The molecule has 1 aliphatic heterocycles. The lowest BCUT2D eigenvalue weighted by Gasteiger charge is -2.27. The largest absolute Gasteiger partial charge is 0.479 e. The van der Waals surface area contributed by atoms with Crippen molar-refractivity contribution >= 4 is 5.91 Å². The van der Waals surface area contributed by atoms with Crippen LogP contribution >= 0.6 is 0 Å². The van der Waals surface area contributed by atoms with E-state index in [-0.39, 0.29) is 11.7 Å². The van der Waals surface area contributed by atoms with E-state index in [0.717, 1.165) is 25.2 Å². The molecule has 21 heavy (non-hydrogen) atoms. The second-order valence-electron chi connectivity index (χ2n) is 5.31. The van der Waals surface area contributed by atoms with Crippen LogP contribution in [-0.4, -0.2) is 46.2 Å². The molecule has 0 saturated carbocycles. The zero-order valence-electron chi connectivity index (χ0n) is 12.2. The molecule has 0 bridgehead atoms. The average Bonchev–Trinajstić information content (AvgIpc) is 3.14. The molecular weight excluding hydrogens is 272 g/mol. The molecular formula is C14H18N4O3. The van der Waals surface area contributed by atoms with E-state index < -0.39 is 0 Å². The molecule has 1 amide bonds. The Morgan fingerprint density at radius 1 is 1.62 bits per heavy atom. The molecule has 7 heteroatoms. The Balaban J connectivity index is 1.61. The molecule has 3 rings (SSSR count). The molecule has 1 unspecified atom stereocenters. The molecule has 7 nitrogen and oxygen atoms in total. The topological polar surface area (TPSA) is 73.4 Å². The number of aromatic nitrogens is 3. The second kappa shape index (κ2) is 5.59. The lowest BCUT2D eigenvalue weighted by atomic mass is 9.97. The Hall–Kier alpha value is -2.31. The molecule has 0 fully saturated rings. The normalized spacial score (nSPS) is 17.3. The summed E-state index contributed by atoms with van der Waals surface area (Å²) in [4.78, 5) is 18.3. The van der Waals surface area contributed by atoms with E-state index in [1.165, 1.54) is 13.2 Å². The van der Waals surface area contributed by atoms with Crippen LogP contribution in [-0.2, 0) is 13.0 Å². The van der Waals surface area contributed by atoms with E-state index in [4.69, 9.17) is 9.26 Å². The number of ether oxygens (including phenoxy) is 1. The van der Waals surface area contributed by atoms with E-state index in [1.54, 1.807) is 11.9 Å². The number of fused-ring (bicyclic) bond motifs is 1. The van der Waals surface area contributed by atoms with Crippen LogP contribution in [0.3, 0.4) is 0 Å². The maximum absolute atomic E-state index is 12.3. The van der Waals surface area contributed by atoms with Gasteiger partial charge in [0.1, 0.15) is 5.82 Å². The van der Waals surface area contributed by atoms with Gasteiger partial charge in [0.2, 0.25) is 5.76 Å². The molecule has 1 aliphatic rings. The minimum atomic E-state index is -0.181. The van der Waals surface area contributed by atoms with Gasteiger partial charge in [-0.1, -0.05) is 0 Å². The zero-order valence-corrected chi connectivity index (χ0v) is 12.2. The van der Waals surface area contributed by atoms with Gasteiger partial charge in [-0.05, 0) is 17.5 Å². The molecule has 1 atom stereocenters. The number of imidazole rings is 1. The number of hydrogen-bond acceptors (Lipinski definition) is 5. The lowest BCUT2D eigenvalue weighted by molar-refractivity contribution is 0.0722. The summed E-state index contributed by atoms with van der Waals surface area (Å²) in [7, 11) is 3.26. The quantitative estimate of drug-likeness (QED) is 0.846. The maximum atomic E-state index is 12.3. The minimum Gasteiger partial charge on any atom is -0.479 e. The summed E-state index contributed by atoms with van der Waals surface area (Å²) in [5.74, 6) is 1.84. The summed E-state index contributed by atoms with van der Waals surface area (Å²) in [5, 5.41) is 3.65. The standard InChI is InChI=1S/C14H18N4O3/c1-17(14(19)11-8-13(20-2)16-21-11)9-10-3-5-18-6-4-15-12(18)7-10/h4,6,8,10H,3,5,7,9H2,1-2H3. The smallest absolute Gasteiger partial charge is 0.292 e. The molecule has 0 saturated heterocycles. The van der Waals surface area contributed by atoms with E-state index >= 15 is 0 Å². The summed E-state index contributed by atoms with van der Waals surface area (Å²) >= 11 is 0. The SMILES string of the molecule is COc1cc(C(=O)N(C)CC2CCn3ccnc3C2)on1. The van der Waals surface area contributed by atoms with Gasteiger partial charge in [0, 0.05) is 39.0 Å². The third kappa shape index (κ3) is 2.76. The van der Waals surface area contributed by atoms with Gasteiger partial charge in [-0.3, -0.25) is 4.79 Å². The van der Waals surface area contributed by atoms with Crippen molar-refractivity contribution in [1.82, 2.24) is 19.6 Å². The van der Waals surface area contributed by atoms with Crippen LogP contribution in [0.4, 0.5) is 0 Å². The van der Waals surface area contributed by atoms with Crippen LogP contribution < -0.4 is 4.74 Å².